The molecule has 2 fully saturated rings. The first-order valence-electron chi connectivity index (χ1n) is 9.95. The van der Waals surface area contributed by atoms with Crippen molar-refractivity contribution in [3.05, 3.63) is 30.1 Å². The van der Waals surface area contributed by atoms with Crippen LogP contribution in [0.2, 0.25) is 0 Å². The van der Waals surface area contributed by atoms with Crippen molar-refractivity contribution in [2.45, 2.75) is 50.1 Å². The SMILES string of the molecule is CC(C)NC(=O)[C@@H]1C[C@@H](C2CCN(S(=O)(=O)c3cccc(F)c3)CC2)N(C)C1. The van der Waals surface area contributed by atoms with E-state index in [4.69, 9.17) is 0 Å². The Balaban J connectivity index is 1.60. The molecule has 1 amide bonds. The van der Waals surface area contributed by atoms with E-state index < -0.39 is 15.8 Å². The van der Waals surface area contributed by atoms with Gasteiger partial charge in [-0.3, -0.25) is 4.79 Å². The van der Waals surface area contributed by atoms with Gasteiger partial charge in [0.05, 0.1) is 10.8 Å². The van der Waals surface area contributed by atoms with E-state index in [2.05, 4.69) is 10.2 Å². The maximum atomic E-state index is 13.4. The zero-order valence-corrected chi connectivity index (χ0v) is 17.6. The van der Waals surface area contributed by atoms with Crippen LogP contribution in [0, 0.1) is 17.7 Å². The van der Waals surface area contributed by atoms with Gasteiger partial charge in [0.1, 0.15) is 5.82 Å². The number of carbonyl (C=O) groups is 1. The van der Waals surface area contributed by atoms with Crippen LogP contribution in [0.5, 0.6) is 0 Å². The number of piperidine rings is 1. The number of nitrogens with one attached hydrogen (secondary N) is 1. The van der Waals surface area contributed by atoms with Crippen LogP contribution < -0.4 is 5.32 Å². The van der Waals surface area contributed by atoms with Crippen LogP contribution in [0.25, 0.3) is 0 Å². The molecule has 2 saturated heterocycles. The highest BCUT2D eigenvalue weighted by atomic mass is 32.2. The molecule has 28 heavy (non-hydrogen) atoms. The van der Waals surface area contributed by atoms with Gasteiger partial charge in [0, 0.05) is 31.7 Å². The summed E-state index contributed by atoms with van der Waals surface area (Å²) in [6.07, 6.45) is 2.32. The molecule has 0 aliphatic carbocycles. The molecule has 8 heteroatoms. The molecule has 0 radical (unpaired) electrons. The molecule has 0 aromatic heterocycles. The molecule has 0 saturated carbocycles. The quantitative estimate of drug-likeness (QED) is 0.805. The highest BCUT2D eigenvalue weighted by Gasteiger charge is 2.40. The molecular weight excluding hydrogens is 381 g/mol. The van der Waals surface area contributed by atoms with E-state index in [0.29, 0.717) is 25.0 Å². The standard InChI is InChI=1S/C20H30FN3O3S/c1-14(2)22-20(25)16-11-19(23(3)13-16)15-7-9-24(10-8-15)28(26,27)18-6-4-5-17(21)12-18/h4-6,12,14-16,19H,7-11,13H2,1-3H3,(H,22,25)/t16-,19+/m1/s1. The molecule has 1 aromatic rings. The lowest BCUT2D eigenvalue weighted by Crippen LogP contribution is -2.43. The Morgan fingerprint density at radius 1 is 1.25 bits per heavy atom. The minimum absolute atomic E-state index is 0.00791. The van der Waals surface area contributed by atoms with Crippen molar-refractivity contribution >= 4 is 15.9 Å². The number of likely N-dealkylation sites (tertiary alicyclic amines) is 1. The summed E-state index contributed by atoms with van der Waals surface area (Å²) in [6, 6.07) is 5.60. The van der Waals surface area contributed by atoms with Gasteiger partial charge in [0.15, 0.2) is 0 Å². The minimum atomic E-state index is -3.67. The molecule has 2 aliphatic rings. The minimum Gasteiger partial charge on any atom is -0.354 e. The number of hydrogen-bond donors (Lipinski definition) is 1. The molecule has 6 nitrogen and oxygen atoms in total. The number of carbonyl (C=O) groups excluding carboxylic acids is 1. The second kappa shape index (κ2) is 8.47. The smallest absolute Gasteiger partial charge is 0.243 e. The summed E-state index contributed by atoms with van der Waals surface area (Å²) >= 11 is 0. The van der Waals surface area contributed by atoms with Crippen molar-refractivity contribution in [2.75, 3.05) is 26.7 Å². The molecule has 1 aromatic carbocycles. The number of halogens is 1. The molecule has 2 heterocycles. The molecule has 156 valence electrons. The van der Waals surface area contributed by atoms with E-state index in [1.54, 1.807) is 0 Å². The Kier molecular flexibility index (Phi) is 6.41. The van der Waals surface area contributed by atoms with Crippen molar-refractivity contribution in [3.8, 4) is 0 Å². The van der Waals surface area contributed by atoms with E-state index >= 15 is 0 Å². The fraction of sp³-hybridized carbons (Fsp3) is 0.650. The Labute approximate surface area is 167 Å². The van der Waals surface area contributed by atoms with Crippen LogP contribution >= 0.6 is 0 Å². The monoisotopic (exact) mass is 411 g/mol. The third-order valence-electron chi connectivity index (χ3n) is 5.88. The Morgan fingerprint density at radius 3 is 2.54 bits per heavy atom. The predicted molar refractivity (Wildman–Crippen MR) is 106 cm³/mol. The molecule has 2 aliphatic heterocycles. The van der Waals surface area contributed by atoms with Crippen molar-refractivity contribution < 1.29 is 17.6 Å². The Hall–Kier alpha value is -1.51. The molecule has 0 spiro atoms. The number of rotatable bonds is 5. The van der Waals surface area contributed by atoms with E-state index in [1.807, 2.05) is 20.9 Å². The van der Waals surface area contributed by atoms with E-state index in [0.717, 1.165) is 31.9 Å². The fourth-order valence-corrected chi connectivity index (χ4v) is 5.95. The number of sulfonamides is 1. The third kappa shape index (κ3) is 4.55. The maximum absolute atomic E-state index is 13.4. The van der Waals surface area contributed by atoms with Crippen molar-refractivity contribution in [1.29, 1.82) is 0 Å². The summed E-state index contributed by atoms with van der Waals surface area (Å²) < 4.78 is 40.4. The van der Waals surface area contributed by atoms with Gasteiger partial charge in [-0.05, 0) is 64.3 Å². The van der Waals surface area contributed by atoms with Gasteiger partial charge in [0.25, 0.3) is 0 Å². The topological polar surface area (TPSA) is 69.7 Å². The molecule has 0 unspecified atom stereocenters. The molecule has 3 rings (SSSR count). The number of hydrogen-bond acceptors (Lipinski definition) is 4. The van der Waals surface area contributed by atoms with Gasteiger partial charge < -0.3 is 10.2 Å². The van der Waals surface area contributed by atoms with Crippen LogP contribution in [0.1, 0.15) is 33.1 Å². The number of amides is 1. The first-order valence-corrected chi connectivity index (χ1v) is 11.4. The lowest BCUT2D eigenvalue weighted by atomic mass is 9.87. The second-order valence-corrected chi connectivity index (χ2v) is 10.2. The normalized spacial score (nSPS) is 25.3. The first-order chi connectivity index (χ1) is 13.2. The second-order valence-electron chi connectivity index (χ2n) is 8.30. The van der Waals surface area contributed by atoms with E-state index in [1.165, 1.54) is 22.5 Å². The van der Waals surface area contributed by atoms with Gasteiger partial charge in [-0.1, -0.05) is 6.07 Å². The lowest BCUT2D eigenvalue weighted by Gasteiger charge is -2.36. The van der Waals surface area contributed by atoms with Crippen molar-refractivity contribution in [3.63, 3.8) is 0 Å². The summed E-state index contributed by atoms with van der Waals surface area (Å²) in [5, 5.41) is 2.99. The summed E-state index contributed by atoms with van der Waals surface area (Å²) in [5.74, 6) is -0.0861. The highest BCUT2D eigenvalue weighted by molar-refractivity contribution is 7.89. The molecule has 2 atom stereocenters. The lowest BCUT2D eigenvalue weighted by molar-refractivity contribution is -0.125. The van der Waals surface area contributed by atoms with Crippen LogP contribution in [-0.4, -0.2) is 62.3 Å². The van der Waals surface area contributed by atoms with Gasteiger partial charge in [0.2, 0.25) is 15.9 Å². The van der Waals surface area contributed by atoms with Gasteiger partial charge in [-0.25, -0.2) is 12.8 Å². The van der Waals surface area contributed by atoms with Crippen LogP contribution in [0.4, 0.5) is 4.39 Å². The van der Waals surface area contributed by atoms with Crippen molar-refractivity contribution in [1.82, 2.24) is 14.5 Å². The number of nitrogens with zero attached hydrogens (tertiary/aromatic N) is 2. The Morgan fingerprint density at radius 2 is 1.93 bits per heavy atom. The van der Waals surface area contributed by atoms with Crippen LogP contribution in [-0.2, 0) is 14.8 Å². The third-order valence-corrected chi connectivity index (χ3v) is 7.77. The highest BCUT2D eigenvalue weighted by Crippen LogP contribution is 2.34. The Bertz CT molecular complexity index is 807. The average molecular weight is 412 g/mol. The predicted octanol–water partition coefficient (Wildman–Crippen LogP) is 2.07. The van der Waals surface area contributed by atoms with E-state index in [9.17, 15) is 17.6 Å². The van der Waals surface area contributed by atoms with Crippen LogP contribution in [0.15, 0.2) is 29.2 Å². The zero-order chi connectivity index (χ0) is 20.5. The van der Waals surface area contributed by atoms with Gasteiger partial charge in [-0.15, -0.1) is 0 Å². The largest absolute Gasteiger partial charge is 0.354 e. The zero-order valence-electron chi connectivity index (χ0n) is 16.8. The molecular formula is C20H30FN3O3S. The van der Waals surface area contributed by atoms with Crippen LogP contribution in [0.3, 0.4) is 0 Å². The first kappa shape index (κ1) is 21.2. The average Bonchev–Trinajstić information content (AvgIpc) is 3.03. The summed E-state index contributed by atoms with van der Waals surface area (Å²) in [7, 11) is -1.62. The number of benzene rings is 1. The van der Waals surface area contributed by atoms with Gasteiger partial charge >= 0.3 is 0 Å². The van der Waals surface area contributed by atoms with Crippen molar-refractivity contribution in [2.24, 2.45) is 11.8 Å². The fourth-order valence-electron chi connectivity index (χ4n) is 4.45. The summed E-state index contributed by atoms with van der Waals surface area (Å²) in [6.45, 7) is 5.52. The van der Waals surface area contributed by atoms with E-state index in [-0.39, 0.29) is 22.8 Å². The summed E-state index contributed by atoms with van der Waals surface area (Å²) in [5.41, 5.74) is 0. The molecule has 1 N–H and O–H groups in total. The van der Waals surface area contributed by atoms with Gasteiger partial charge in [-0.2, -0.15) is 4.31 Å². The summed E-state index contributed by atoms with van der Waals surface area (Å²) in [4.78, 5) is 14.6. The molecule has 0 bridgehead atoms. The maximum Gasteiger partial charge on any atom is 0.243 e.